The second-order valence-corrected chi connectivity index (χ2v) is 6.56. The number of urea groups is 1. The van der Waals surface area contributed by atoms with Crippen molar-refractivity contribution in [3.8, 4) is 0 Å². The van der Waals surface area contributed by atoms with Crippen LogP contribution in [0.5, 0.6) is 0 Å². The molecule has 1 spiro atoms. The molecule has 0 bridgehead atoms. The van der Waals surface area contributed by atoms with E-state index in [0.29, 0.717) is 19.4 Å². The van der Waals surface area contributed by atoms with Crippen molar-refractivity contribution in [2.24, 2.45) is 5.73 Å². The SMILES string of the molecule is CC(C)(CN)NC(=O)CCN1C(=O)NC2(CCCC2)C1=O. The first-order chi connectivity index (χ1) is 9.80. The Morgan fingerprint density at radius 3 is 2.57 bits per heavy atom. The average Bonchev–Trinajstić information content (AvgIpc) is 2.95. The Morgan fingerprint density at radius 2 is 2.00 bits per heavy atom. The van der Waals surface area contributed by atoms with Crippen molar-refractivity contribution >= 4 is 17.8 Å². The molecule has 0 aromatic heterocycles. The van der Waals surface area contributed by atoms with Gasteiger partial charge in [-0.25, -0.2) is 4.79 Å². The minimum atomic E-state index is -0.704. The van der Waals surface area contributed by atoms with Gasteiger partial charge in [0.05, 0.1) is 0 Å². The number of nitrogens with zero attached hydrogens (tertiary/aromatic N) is 1. The van der Waals surface area contributed by atoms with Crippen LogP contribution in [0.3, 0.4) is 0 Å². The Hall–Kier alpha value is -1.63. The van der Waals surface area contributed by atoms with Gasteiger partial charge in [0.2, 0.25) is 5.91 Å². The number of carbonyl (C=O) groups excluding carboxylic acids is 3. The molecule has 0 unspecified atom stereocenters. The summed E-state index contributed by atoms with van der Waals surface area (Å²) in [5.74, 6) is -0.394. The molecule has 2 fully saturated rings. The lowest BCUT2D eigenvalue weighted by atomic mass is 9.98. The molecule has 2 aliphatic rings. The molecular weight excluding hydrogens is 272 g/mol. The molecule has 4 amide bonds. The zero-order chi connectivity index (χ0) is 15.7. The van der Waals surface area contributed by atoms with Crippen molar-refractivity contribution in [2.75, 3.05) is 13.1 Å². The molecule has 1 saturated carbocycles. The summed E-state index contributed by atoms with van der Waals surface area (Å²) in [6.07, 6.45) is 3.38. The minimum Gasteiger partial charge on any atom is -0.350 e. The van der Waals surface area contributed by atoms with Gasteiger partial charge in [0, 0.05) is 25.0 Å². The lowest BCUT2D eigenvalue weighted by Crippen LogP contribution is -2.49. The summed E-state index contributed by atoms with van der Waals surface area (Å²) < 4.78 is 0. The molecule has 118 valence electrons. The summed E-state index contributed by atoms with van der Waals surface area (Å²) in [7, 11) is 0. The number of nitrogens with one attached hydrogen (secondary N) is 2. The van der Waals surface area contributed by atoms with Crippen LogP contribution in [0.1, 0.15) is 46.0 Å². The number of nitrogens with two attached hydrogens (primary N) is 1. The van der Waals surface area contributed by atoms with Gasteiger partial charge in [-0.15, -0.1) is 0 Å². The summed E-state index contributed by atoms with van der Waals surface area (Å²) in [6.45, 7) is 4.09. The fraction of sp³-hybridized carbons (Fsp3) is 0.786. The number of carbonyl (C=O) groups is 3. The summed E-state index contributed by atoms with van der Waals surface area (Å²) in [4.78, 5) is 37.4. The van der Waals surface area contributed by atoms with Crippen LogP contribution in [-0.2, 0) is 9.59 Å². The van der Waals surface area contributed by atoms with Gasteiger partial charge in [-0.05, 0) is 26.7 Å². The van der Waals surface area contributed by atoms with E-state index in [0.717, 1.165) is 12.8 Å². The van der Waals surface area contributed by atoms with E-state index in [1.807, 2.05) is 13.8 Å². The summed E-state index contributed by atoms with van der Waals surface area (Å²) in [5, 5.41) is 5.58. The summed E-state index contributed by atoms with van der Waals surface area (Å²) >= 11 is 0. The molecule has 1 saturated heterocycles. The maximum atomic E-state index is 12.4. The fourth-order valence-corrected chi connectivity index (χ4v) is 2.90. The largest absolute Gasteiger partial charge is 0.350 e. The first-order valence-corrected chi connectivity index (χ1v) is 7.45. The molecule has 4 N–H and O–H groups in total. The first-order valence-electron chi connectivity index (χ1n) is 7.45. The van der Waals surface area contributed by atoms with Crippen molar-refractivity contribution in [3.63, 3.8) is 0 Å². The third kappa shape index (κ3) is 3.18. The number of rotatable bonds is 5. The highest BCUT2D eigenvalue weighted by molar-refractivity contribution is 6.07. The lowest BCUT2D eigenvalue weighted by Gasteiger charge is -2.25. The molecule has 1 heterocycles. The molecule has 7 nitrogen and oxygen atoms in total. The van der Waals surface area contributed by atoms with E-state index in [4.69, 9.17) is 5.73 Å². The van der Waals surface area contributed by atoms with Gasteiger partial charge in [0.25, 0.3) is 5.91 Å². The zero-order valence-corrected chi connectivity index (χ0v) is 12.7. The quantitative estimate of drug-likeness (QED) is 0.625. The van der Waals surface area contributed by atoms with Crippen molar-refractivity contribution in [1.82, 2.24) is 15.5 Å². The highest BCUT2D eigenvalue weighted by atomic mass is 16.2. The van der Waals surface area contributed by atoms with E-state index in [1.165, 1.54) is 4.90 Å². The Labute approximate surface area is 124 Å². The van der Waals surface area contributed by atoms with E-state index < -0.39 is 11.1 Å². The molecule has 1 aliphatic heterocycles. The molecule has 0 atom stereocenters. The fourth-order valence-electron chi connectivity index (χ4n) is 2.90. The van der Waals surface area contributed by atoms with Crippen molar-refractivity contribution in [1.29, 1.82) is 0 Å². The Kier molecular flexibility index (Phi) is 4.22. The number of hydrogen-bond donors (Lipinski definition) is 3. The molecule has 0 radical (unpaired) electrons. The number of amides is 4. The molecule has 0 aromatic carbocycles. The second-order valence-electron chi connectivity index (χ2n) is 6.56. The topological polar surface area (TPSA) is 105 Å². The maximum Gasteiger partial charge on any atom is 0.325 e. The molecular formula is C14H24N4O3. The third-order valence-electron chi connectivity index (χ3n) is 4.25. The van der Waals surface area contributed by atoms with Gasteiger partial charge in [0.15, 0.2) is 0 Å². The van der Waals surface area contributed by atoms with Crippen LogP contribution in [0.4, 0.5) is 4.79 Å². The first kappa shape index (κ1) is 15.8. The Bertz CT molecular complexity index is 455. The monoisotopic (exact) mass is 296 g/mol. The van der Waals surface area contributed by atoms with Crippen LogP contribution in [0.15, 0.2) is 0 Å². The predicted molar refractivity (Wildman–Crippen MR) is 77.3 cm³/mol. The Morgan fingerprint density at radius 1 is 1.38 bits per heavy atom. The van der Waals surface area contributed by atoms with Gasteiger partial charge in [-0.3, -0.25) is 14.5 Å². The van der Waals surface area contributed by atoms with Crippen LogP contribution in [-0.4, -0.2) is 46.9 Å². The zero-order valence-electron chi connectivity index (χ0n) is 12.7. The maximum absolute atomic E-state index is 12.4. The summed E-state index contributed by atoms with van der Waals surface area (Å²) in [6, 6.07) is -0.382. The van der Waals surface area contributed by atoms with Gasteiger partial charge < -0.3 is 16.4 Å². The normalized spacial score (nSPS) is 21.0. The second kappa shape index (κ2) is 5.63. The lowest BCUT2D eigenvalue weighted by molar-refractivity contribution is -0.131. The number of imide groups is 1. The third-order valence-corrected chi connectivity index (χ3v) is 4.25. The molecule has 21 heavy (non-hydrogen) atoms. The van der Waals surface area contributed by atoms with Crippen LogP contribution < -0.4 is 16.4 Å². The smallest absolute Gasteiger partial charge is 0.325 e. The van der Waals surface area contributed by atoms with Crippen LogP contribution in [0.2, 0.25) is 0 Å². The molecule has 2 rings (SSSR count). The van der Waals surface area contributed by atoms with Crippen molar-refractivity contribution in [2.45, 2.75) is 57.0 Å². The highest BCUT2D eigenvalue weighted by Gasteiger charge is 2.52. The van der Waals surface area contributed by atoms with Gasteiger partial charge in [0.1, 0.15) is 5.54 Å². The van der Waals surface area contributed by atoms with Gasteiger partial charge in [-0.1, -0.05) is 12.8 Å². The van der Waals surface area contributed by atoms with E-state index >= 15 is 0 Å². The van der Waals surface area contributed by atoms with E-state index in [-0.39, 0.29) is 30.8 Å². The van der Waals surface area contributed by atoms with Crippen LogP contribution in [0, 0.1) is 0 Å². The molecule has 0 aromatic rings. The van der Waals surface area contributed by atoms with Crippen molar-refractivity contribution < 1.29 is 14.4 Å². The van der Waals surface area contributed by atoms with E-state index in [1.54, 1.807) is 0 Å². The van der Waals surface area contributed by atoms with Gasteiger partial charge >= 0.3 is 6.03 Å². The van der Waals surface area contributed by atoms with Gasteiger partial charge in [-0.2, -0.15) is 0 Å². The highest BCUT2D eigenvalue weighted by Crippen LogP contribution is 2.34. The predicted octanol–water partition coefficient (Wildman–Crippen LogP) is 0.0946. The van der Waals surface area contributed by atoms with Crippen LogP contribution >= 0.6 is 0 Å². The molecule has 1 aliphatic carbocycles. The Balaban J connectivity index is 1.90. The summed E-state index contributed by atoms with van der Waals surface area (Å²) in [5.41, 5.74) is 4.36. The number of hydrogen-bond acceptors (Lipinski definition) is 4. The van der Waals surface area contributed by atoms with Crippen LogP contribution in [0.25, 0.3) is 0 Å². The average molecular weight is 296 g/mol. The molecule has 7 heteroatoms. The standard InChI is InChI=1S/C14H24N4O3/c1-13(2,9-15)16-10(19)5-8-18-11(20)14(17-12(18)21)6-3-4-7-14/h3-9,15H2,1-2H3,(H,16,19)(H,17,21). The van der Waals surface area contributed by atoms with Crippen molar-refractivity contribution in [3.05, 3.63) is 0 Å². The minimum absolute atomic E-state index is 0.0959. The van der Waals surface area contributed by atoms with E-state index in [2.05, 4.69) is 10.6 Å². The van der Waals surface area contributed by atoms with E-state index in [9.17, 15) is 14.4 Å².